The molecule has 0 unspecified atom stereocenters. The Bertz CT molecular complexity index is 1460. The number of hydrogen-bond donors (Lipinski definition) is 1. The number of fused-ring (bicyclic) bond motifs is 2. The number of nitrogens with one attached hydrogen (secondary N) is 1. The van der Waals surface area contributed by atoms with Gasteiger partial charge in [-0.05, 0) is 50.3 Å². The number of nitriles is 1. The molecule has 0 radical (unpaired) electrons. The van der Waals surface area contributed by atoms with E-state index in [1.807, 2.05) is 12.1 Å². The van der Waals surface area contributed by atoms with Crippen molar-refractivity contribution in [3.8, 4) is 12.1 Å². The van der Waals surface area contributed by atoms with Crippen molar-refractivity contribution in [2.75, 3.05) is 56.1 Å². The minimum absolute atomic E-state index is 0.0629. The quantitative estimate of drug-likeness (QED) is 0.508. The van der Waals surface area contributed by atoms with Gasteiger partial charge in [-0.25, -0.2) is 0 Å². The first-order valence-electron chi connectivity index (χ1n) is 14.9. The van der Waals surface area contributed by atoms with Crippen LogP contribution in [0.4, 0.5) is 11.5 Å². The highest BCUT2D eigenvalue weighted by molar-refractivity contribution is 6.36. The molecule has 2 aromatic carbocycles. The molecule has 0 aliphatic carbocycles. The first-order chi connectivity index (χ1) is 19.8. The summed E-state index contributed by atoms with van der Waals surface area (Å²) >= 11 is 6.67. The number of piperazine rings is 1. The summed E-state index contributed by atoms with van der Waals surface area (Å²) in [4.78, 5) is 15.9. The van der Waals surface area contributed by atoms with Crippen molar-refractivity contribution >= 4 is 33.9 Å². The maximum Gasteiger partial charge on any atom is 0.318 e. The topological polar surface area (TPSA) is 80.5 Å². The Morgan fingerprint density at radius 1 is 1.18 bits per heavy atom. The van der Waals surface area contributed by atoms with E-state index in [0.717, 1.165) is 77.5 Å². The van der Waals surface area contributed by atoms with Crippen LogP contribution in [-0.4, -0.2) is 73.3 Å². The van der Waals surface area contributed by atoms with Crippen LogP contribution in [0.5, 0.6) is 6.01 Å². The molecule has 38 heavy (non-hydrogen) atoms. The minimum Gasteiger partial charge on any atom is -0.462 e. The fourth-order valence-electron chi connectivity index (χ4n) is 5.90. The van der Waals surface area contributed by atoms with Gasteiger partial charge in [-0.3, -0.25) is 0 Å². The fourth-order valence-corrected chi connectivity index (χ4v) is 6.18. The van der Waals surface area contributed by atoms with E-state index >= 15 is 0 Å². The van der Waals surface area contributed by atoms with Crippen molar-refractivity contribution < 1.29 is 8.85 Å². The predicted octanol–water partition coefficient (Wildman–Crippen LogP) is 4.01. The maximum absolute atomic E-state index is 9.28. The molecule has 3 aromatic rings. The number of likely N-dealkylation sites (N-methyl/N-ethyl adjacent to an activating group) is 1. The Morgan fingerprint density at radius 3 is 2.95 bits per heavy atom. The molecule has 6 rings (SSSR count). The molecule has 2 fully saturated rings. The molecule has 3 aliphatic heterocycles. The van der Waals surface area contributed by atoms with E-state index in [4.69, 9.17) is 30.4 Å². The highest BCUT2D eigenvalue weighted by Gasteiger charge is 2.30. The summed E-state index contributed by atoms with van der Waals surface area (Å²) in [7, 11) is 0. The second-order valence-corrected chi connectivity index (χ2v) is 10.7. The Kier molecular flexibility index (Phi) is 6.26. The van der Waals surface area contributed by atoms with Crippen LogP contribution in [-0.2, 0) is 13.0 Å². The zero-order valence-corrected chi connectivity index (χ0v) is 22.1. The van der Waals surface area contributed by atoms with Crippen LogP contribution in [0.3, 0.4) is 0 Å². The van der Waals surface area contributed by atoms with Crippen LogP contribution >= 0.6 is 11.6 Å². The second kappa shape index (κ2) is 10.9. The number of ether oxygens (including phenoxy) is 1. The summed E-state index contributed by atoms with van der Waals surface area (Å²) in [6.07, 6.45) is 2.77. The van der Waals surface area contributed by atoms with E-state index in [0.29, 0.717) is 26.1 Å². The molecule has 3 aliphatic rings. The van der Waals surface area contributed by atoms with Gasteiger partial charge in [-0.2, -0.15) is 15.2 Å². The fraction of sp³-hybridized carbons (Fsp3) is 0.483. The average Bonchev–Trinajstić information content (AvgIpc) is 3.45. The van der Waals surface area contributed by atoms with Crippen LogP contribution in [0.25, 0.3) is 10.8 Å². The van der Waals surface area contributed by atoms with E-state index in [1.165, 1.54) is 0 Å². The summed E-state index contributed by atoms with van der Waals surface area (Å²) in [5, 5.41) is 15.5. The van der Waals surface area contributed by atoms with Crippen molar-refractivity contribution in [3.63, 3.8) is 0 Å². The predicted molar refractivity (Wildman–Crippen MR) is 151 cm³/mol. The molecule has 0 spiro atoms. The maximum atomic E-state index is 9.28. The summed E-state index contributed by atoms with van der Waals surface area (Å²) < 4.78 is 29.8. The van der Waals surface area contributed by atoms with Crippen molar-refractivity contribution in [2.24, 2.45) is 0 Å². The van der Waals surface area contributed by atoms with Gasteiger partial charge in [-0.15, -0.1) is 0 Å². The summed E-state index contributed by atoms with van der Waals surface area (Å²) in [5.74, 6) is 0.851. The molecule has 8 nitrogen and oxygen atoms in total. The van der Waals surface area contributed by atoms with E-state index in [2.05, 4.69) is 45.5 Å². The van der Waals surface area contributed by atoms with Crippen molar-refractivity contribution in [1.29, 1.82) is 5.26 Å². The third kappa shape index (κ3) is 4.98. The van der Waals surface area contributed by atoms with Crippen LogP contribution in [0.2, 0.25) is 5.02 Å². The number of likely N-dealkylation sites (tertiary alicyclic amines) is 1. The third-order valence-corrected chi connectivity index (χ3v) is 8.18. The number of benzene rings is 2. The lowest BCUT2D eigenvalue weighted by Crippen LogP contribution is -2.51. The number of anilines is 2. The average molecular weight is 535 g/mol. The Balaban J connectivity index is 1.32. The van der Waals surface area contributed by atoms with E-state index in [-0.39, 0.29) is 24.7 Å². The SMILES string of the molecule is [2H]C([2H])([2H])N1CCC[C@H]1COc1nc2c(c(N3CCN[C@@H](CC#N)C3)n1)CCN(c1cccc3cccc(Cl)c13)C2. The zero-order chi connectivity index (χ0) is 28.6. The van der Waals surface area contributed by atoms with Gasteiger partial charge < -0.3 is 24.8 Å². The van der Waals surface area contributed by atoms with Crippen molar-refractivity contribution in [3.05, 3.63) is 52.7 Å². The van der Waals surface area contributed by atoms with Gasteiger partial charge in [0, 0.05) is 59.0 Å². The molecule has 1 N–H and O–H groups in total. The number of rotatable bonds is 6. The lowest BCUT2D eigenvalue weighted by atomic mass is 10.0. The Labute approximate surface area is 233 Å². The molecule has 0 saturated carbocycles. The molecule has 4 heterocycles. The van der Waals surface area contributed by atoms with Crippen molar-refractivity contribution in [1.82, 2.24) is 20.2 Å². The molecule has 0 amide bonds. The first-order valence-corrected chi connectivity index (χ1v) is 13.8. The molecule has 1 aromatic heterocycles. The summed E-state index contributed by atoms with van der Waals surface area (Å²) in [6, 6.07) is 14.6. The van der Waals surface area contributed by atoms with Gasteiger partial charge >= 0.3 is 6.01 Å². The highest BCUT2D eigenvalue weighted by Crippen LogP contribution is 2.37. The smallest absolute Gasteiger partial charge is 0.318 e. The molecule has 0 bridgehead atoms. The molecule has 9 heteroatoms. The van der Waals surface area contributed by atoms with Gasteiger partial charge in [0.2, 0.25) is 0 Å². The van der Waals surface area contributed by atoms with Gasteiger partial charge in [-0.1, -0.05) is 35.9 Å². The molecular formula is C29H34ClN7O. The van der Waals surface area contributed by atoms with Gasteiger partial charge in [0.05, 0.1) is 29.8 Å². The van der Waals surface area contributed by atoms with Crippen LogP contribution in [0.1, 0.15) is 34.6 Å². The normalized spacial score (nSPS) is 23.4. The number of nitrogens with zero attached hydrogens (tertiary/aromatic N) is 6. The molecule has 2 atom stereocenters. The lowest BCUT2D eigenvalue weighted by molar-refractivity contribution is 0.187. The number of halogens is 1. The largest absolute Gasteiger partial charge is 0.462 e. The third-order valence-electron chi connectivity index (χ3n) is 7.87. The highest BCUT2D eigenvalue weighted by atomic mass is 35.5. The molecule has 2 saturated heterocycles. The summed E-state index contributed by atoms with van der Waals surface area (Å²) in [5.41, 5.74) is 3.06. The van der Waals surface area contributed by atoms with Crippen molar-refractivity contribution in [2.45, 2.75) is 44.3 Å². The van der Waals surface area contributed by atoms with E-state index < -0.39 is 6.98 Å². The molecular weight excluding hydrogens is 498 g/mol. The van der Waals surface area contributed by atoms with Crippen LogP contribution in [0, 0.1) is 11.3 Å². The molecule has 198 valence electrons. The van der Waals surface area contributed by atoms with E-state index in [1.54, 1.807) is 4.90 Å². The zero-order valence-electron chi connectivity index (χ0n) is 24.4. The van der Waals surface area contributed by atoms with Gasteiger partial charge in [0.1, 0.15) is 12.4 Å². The lowest BCUT2D eigenvalue weighted by Gasteiger charge is -2.37. The number of hydrogen-bond acceptors (Lipinski definition) is 8. The van der Waals surface area contributed by atoms with E-state index in [9.17, 15) is 5.26 Å². The van der Waals surface area contributed by atoms with Gasteiger partial charge in [0.25, 0.3) is 0 Å². The Morgan fingerprint density at radius 2 is 2.08 bits per heavy atom. The van der Waals surface area contributed by atoms with Crippen LogP contribution in [0.15, 0.2) is 36.4 Å². The number of aromatic nitrogens is 2. The Hall–Kier alpha value is -3.12. The second-order valence-electron chi connectivity index (χ2n) is 10.3. The standard InChI is InChI=1S/C29H34ClN7O/c1-35-14-4-7-22(35)19-38-29-33-25-18-36(26-9-3-6-20-5-2-8-24(30)27(20)26)15-11-23(25)28(34-29)37-16-13-32-21(17-37)10-12-31/h2-3,5-6,8-9,21-22,32H,4,7,10-11,13-19H2,1H3/t21-,22-/m0/s1/i1D3. The summed E-state index contributed by atoms with van der Waals surface area (Å²) in [6.45, 7) is 2.17. The minimum atomic E-state index is -2.15. The monoisotopic (exact) mass is 534 g/mol. The van der Waals surface area contributed by atoms with Crippen LogP contribution < -0.4 is 19.9 Å². The van der Waals surface area contributed by atoms with Gasteiger partial charge in [0.15, 0.2) is 0 Å². The first kappa shape index (κ1) is 21.8.